The van der Waals surface area contributed by atoms with Gasteiger partial charge in [0.25, 0.3) is 5.91 Å². The second-order valence-electron chi connectivity index (χ2n) is 6.40. The molecular weight excluding hydrogens is 344 g/mol. The number of ether oxygens (including phenoxy) is 1. The van der Waals surface area contributed by atoms with E-state index in [4.69, 9.17) is 4.74 Å². The lowest BCUT2D eigenvalue weighted by atomic mass is 10.0. The van der Waals surface area contributed by atoms with Gasteiger partial charge in [-0.15, -0.1) is 0 Å². The Morgan fingerprint density at radius 2 is 1.74 bits per heavy atom. The number of nitrogens with one attached hydrogen (secondary N) is 2. The number of esters is 1. The number of carbonyl (C=O) groups excluding carboxylic acids is 3. The molecule has 142 valence electrons. The van der Waals surface area contributed by atoms with Gasteiger partial charge in [0.1, 0.15) is 6.04 Å². The van der Waals surface area contributed by atoms with E-state index in [2.05, 4.69) is 10.6 Å². The Labute approximate surface area is 158 Å². The normalized spacial score (nSPS) is 11.4. The van der Waals surface area contributed by atoms with Crippen molar-refractivity contribution in [2.24, 2.45) is 0 Å². The van der Waals surface area contributed by atoms with Crippen molar-refractivity contribution in [3.63, 3.8) is 0 Å². The number of para-hydroxylation sites is 1. The largest absolute Gasteiger partial charge is 0.467 e. The number of rotatable bonds is 6. The van der Waals surface area contributed by atoms with E-state index in [1.165, 1.54) is 14.0 Å². The maximum atomic E-state index is 12.7. The lowest BCUT2D eigenvalue weighted by Gasteiger charge is -2.18. The van der Waals surface area contributed by atoms with Crippen molar-refractivity contribution in [1.82, 2.24) is 5.32 Å². The number of hydrogen-bond donors (Lipinski definition) is 2. The van der Waals surface area contributed by atoms with E-state index in [0.29, 0.717) is 12.1 Å². The summed E-state index contributed by atoms with van der Waals surface area (Å²) in [7, 11) is 1.28. The highest BCUT2D eigenvalue weighted by Crippen LogP contribution is 2.16. The number of hydrogen-bond acceptors (Lipinski definition) is 4. The third-order valence-electron chi connectivity index (χ3n) is 4.28. The van der Waals surface area contributed by atoms with Crippen LogP contribution in [0.2, 0.25) is 0 Å². The monoisotopic (exact) mass is 368 g/mol. The summed E-state index contributed by atoms with van der Waals surface area (Å²) in [5.74, 6) is -1.27. The van der Waals surface area contributed by atoms with Gasteiger partial charge in [-0.2, -0.15) is 0 Å². The predicted molar refractivity (Wildman–Crippen MR) is 104 cm³/mol. The number of amides is 2. The third kappa shape index (κ3) is 5.41. The van der Waals surface area contributed by atoms with Crippen LogP contribution in [0.15, 0.2) is 42.5 Å². The van der Waals surface area contributed by atoms with Gasteiger partial charge in [-0.3, -0.25) is 9.59 Å². The van der Waals surface area contributed by atoms with Crippen LogP contribution in [0, 0.1) is 13.8 Å². The van der Waals surface area contributed by atoms with Crippen LogP contribution in [0.25, 0.3) is 0 Å². The molecule has 2 aromatic rings. The topological polar surface area (TPSA) is 84.5 Å². The molecule has 0 bridgehead atoms. The van der Waals surface area contributed by atoms with Crippen molar-refractivity contribution in [2.45, 2.75) is 33.2 Å². The van der Waals surface area contributed by atoms with Crippen LogP contribution < -0.4 is 10.6 Å². The van der Waals surface area contributed by atoms with Crippen LogP contribution in [-0.4, -0.2) is 30.9 Å². The Morgan fingerprint density at radius 3 is 2.37 bits per heavy atom. The third-order valence-corrected chi connectivity index (χ3v) is 4.28. The lowest BCUT2D eigenvalue weighted by molar-refractivity contribution is -0.142. The van der Waals surface area contributed by atoms with Crippen LogP contribution in [0.4, 0.5) is 5.69 Å². The Morgan fingerprint density at radius 1 is 1.04 bits per heavy atom. The molecule has 1 atom stereocenters. The fourth-order valence-electron chi connectivity index (χ4n) is 2.72. The maximum absolute atomic E-state index is 12.7. The maximum Gasteiger partial charge on any atom is 0.328 e. The van der Waals surface area contributed by atoms with Gasteiger partial charge in [0.2, 0.25) is 5.91 Å². The molecule has 0 saturated heterocycles. The summed E-state index contributed by atoms with van der Waals surface area (Å²) >= 11 is 0. The van der Waals surface area contributed by atoms with Gasteiger partial charge in [-0.05, 0) is 42.7 Å². The number of benzene rings is 2. The molecular formula is C21H24N2O4. The molecule has 6 heteroatoms. The smallest absolute Gasteiger partial charge is 0.328 e. The summed E-state index contributed by atoms with van der Waals surface area (Å²) in [6.07, 6.45) is 0.307. The van der Waals surface area contributed by atoms with Crippen LogP contribution in [0.1, 0.15) is 34.0 Å². The summed E-state index contributed by atoms with van der Waals surface area (Å²) < 4.78 is 4.85. The minimum atomic E-state index is -0.838. The first-order valence-electron chi connectivity index (χ1n) is 8.63. The van der Waals surface area contributed by atoms with Crippen LogP contribution >= 0.6 is 0 Å². The van der Waals surface area contributed by atoms with E-state index in [-0.39, 0.29) is 11.5 Å². The molecule has 0 radical (unpaired) electrons. The molecule has 2 rings (SSSR count). The fraction of sp³-hybridized carbons (Fsp3) is 0.286. The molecule has 27 heavy (non-hydrogen) atoms. The molecule has 0 unspecified atom stereocenters. The van der Waals surface area contributed by atoms with Crippen LogP contribution in [0.5, 0.6) is 0 Å². The molecule has 0 aliphatic carbocycles. The number of carbonyl (C=O) groups is 3. The van der Waals surface area contributed by atoms with E-state index in [1.54, 1.807) is 24.3 Å². The predicted octanol–water partition coefficient (Wildman–Crippen LogP) is 2.78. The Balaban J connectivity index is 2.23. The first kappa shape index (κ1) is 20.2. The summed E-state index contributed by atoms with van der Waals surface area (Å²) in [6, 6.07) is 11.7. The van der Waals surface area contributed by atoms with E-state index in [1.807, 2.05) is 32.0 Å². The van der Waals surface area contributed by atoms with Crippen molar-refractivity contribution in [3.8, 4) is 0 Å². The molecule has 2 N–H and O–H groups in total. The number of anilines is 1. The zero-order chi connectivity index (χ0) is 20.0. The summed E-state index contributed by atoms with van der Waals surface area (Å²) in [4.78, 5) is 36.3. The molecule has 6 nitrogen and oxygen atoms in total. The first-order chi connectivity index (χ1) is 12.8. The summed E-state index contributed by atoms with van der Waals surface area (Å²) in [5.41, 5.74) is 3.85. The van der Waals surface area contributed by atoms with E-state index >= 15 is 0 Å². The van der Waals surface area contributed by atoms with Gasteiger partial charge >= 0.3 is 5.97 Å². The van der Waals surface area contributed by atoms with Crippen molar-refractivity contribution < 1.29 is 19.1 Å². The van der Waals surface area contributed by atoms with Crippen molar-refractivity contribution >= 4 is 23.5 Å². The van der Waals surface area contributed by atoms with Gasteiger partial charge in [0.15, 0.2) is 0 Å². The highest BCUT2D eigenvalue weighted by Gasteiger charge is 2.24. The van der Waals surface area contributed by atoms with Crippen molar-refractivity contribution in [2.75, 3.05) is 12.4 Å². The SMILES string of the molecule is COC(=O)[C@@H](Cc1ccc(C)c(C)c1)NC(=O)c1ccccc1NC(C)=O. The summed E-state index contributed by atoms with van der Waals surface area (Å²) in [6.45, 7) is 5.37. The fourth-order valence-corrected chi connectivity index (χ4v) is 2.72. The molecule has 2 aromatic carbocycles. The summed E-state index contributed by atoms with van der Waals surface area (Å²) in [5, 5.41) is 5.33. The van der Waals surface area contributed by atoms with Gasteiger partial charge in [0, 0.05) is 13.3 Å². The average molecular weight is 368 g/mol. The molecule has 0 saturated carbocycles. The van der Waals surface area contributed by atoms with Crippen LogP contribution in [0.3, 0.4) is 0 Å². The Bertz CT molecular complexity index is 861. The van der Waals surface area contributed by atoms with Gasteiger partial charge in [-0.1, -0.05) is 30.3 Å². The van der Waals surface area contributed by atoms with E-state index in [0.717, 1.165) is 16.7 Å². The number of methoxy groups -OCH3 is 1. The molecule has 0 aromatic heterocycles. The van der Waals surface area contributed by atoms with Gasteiger partial charge in [0.05, 0.1) is 18.4 Å². The molecule has 0 spiro atoms. The average Bonchev–Trinajstić information content (AvgIpc) is 2.63. The molecule has 0 aliphatic heterocycles. The Hall–Kier alpha value is -3.15. The second kappa shape index (κ2) is 8.98. The van der Waals surface area contributed by atoms with E-state index < -0.39 is 17.9 Å². The number of aryl methyl sites for hydroxylation is 2. The van der Waals surface area contributed by atoms with Crippen LogP contribution in [-0.2, 0) is 20.7 Å². The minimum Gasteiger partial charge on any atom is -0.467 e. The molecule has 2 amide bonds. The molecule has 0 aliphatic rings. The molecule has 0 heterocycles. The highest BCUT2D eigenvalue weighted by atomic mass is 16.5. The van der Waals surface area contributed by atoms with Crippen molar-refractivity contribution in [1.29, 1.82) is 0 Å². The standard InChI is InChI=1S/C21H24N2O4/c1-13-9-10-16(11-14(13)2)12-19(21(26)27-4)23-20(25)17-7-5-6-8-18(17)22-15(3)24/h5-11,19H,12H2,1-4H3,(H,22,24)(H,23,25)/t19-/m1/s1. The Kier molecular flexibility index (Phi) is 6.71. The zero-order valence-electron chi connectivity index (χ0n) is 16.0. The first-order valence-corrected chi connectivity index (χ1v) is 8.63. The highest BCUT2D eigenvalue weighted by molar-refractivity contribution is 6.04. The zero-order valence-corrected chi connectivity index (χ0v) is 16.0. The van der Waals surface area contributed by atoms with Gasteiger partial charge in [-0.25, -0.2) is 4.79 Å². The minimum absolute atomic E-state index is 0.279. The lowest BCUT2D eigenvalue weighted by Crippen LogP contribution is -2.43. The molecule has 0 fully saturated rings. The quantitative estimate of drug-likeness (QED) is 0.768. The second-order valence-corrected chi connectivity index (χ2v) is 6.40. The van der Waals surface area contributed by atoms with Crippen molar-refractivity contribution in [3.05, 3.63) is 64.7 Å². The van der Waals surface area contributed by atoms with E-state index in [9.17, 15) is 14.4 Å². The van der Waals surface area contributed by atoms with Gasteiger partial charge < -0.3 is 15.4 Å².